The zero-order valence-corrected chi connectivity index (χ0v) is 27.3. The monoisotopic (exact) mass is 637 g/mol. The summed E-state index contributed by atoms with van der Waals surface area (Å²) in [6.07, 6.45) is 0. The van der Waals surface area contributed by atoms with Crippen molar-refractivity contribution < 1.29 is 4.42 Å². The van der Waals surface area contributed by atoms with Crippen molar-refractivity contribution in [2.75, 3.05) is 4.90 Å². The Kier molecular flexibility index (Phi) is 6.53. The molecular weight excluding hydrogens is 607 g/mol. The second kappa shape index (κ2) is 11.5. The van der Waals surface area contributed by atoms with E-state index in [-0.39, 0.29) is 0 Å². The highest BCUT2D eigenvalue weighted by molar-refractivity contribution is 6.11. The minimum atomic E-state index is 0.880. The van der Waals surface area contributed by atoms with Crippen LogP contribution in [0.2, 0.25) is 0 Å². The van der Waals surface area contributed by atoms with Crippen LogP contribution < -0.4 is 4.90 Å². The van der Waals surface area contributed by atoms with Gasteiger partial charge in [0.15, 0.2) is 0 Å². The second-order valence-electron chi connectivity index (χ2n) is 13.0. The summed E-state index contributed by atoms with van der Waals surface area (Å²) in [5.74, 6) is 0. The van der Waals surface area contributed by atoms with Crippen LogP contribution in [0.25, 0.3) is 76.5 Å². The maximum atomic E-state index is 6.46. The summed E-state index contributed by atoms with van der Waals surface area (Å²) in [6, 6.07) is 67.6. The standard InChI is InChI=1S/C48H31NO/c1-2-12-42(13-3-1)49(44-24-25-45-46-29-35-10-6-7-11-36(35)30-47(46)50-48(45)31-44)43-22-20-33(21-23-43)37-16-17-40-28-41(19-18-39(40)27-37)38-15-14-32-8-4-5-9-34(32)26-38/h1-31H. The maximum Gasteiger partial charge on any atom is 0.137 e. The summed E-state index contributed by atoms with van der Waals surface area (Å²) < 4.78 is 6.46. The molecule has 0 fully saturated rings. The Bertz CT molecular complexity index is 2870. The van der Waals surface area contributed by atoms with Crippen molar-refractivity contribution in [1.29, 1.82) is 0 Å². The molecule has 1 aromatic heterocycles. The van der Waals surface area contributed by atoms with Gasteiger partial charge >= 0.3 is 0 Å². The van der Waals surface area contributed by atoms with Gasteiger partial charge in [-0.05, 0) is 121 Å². The molecule has 2 nitrogen and oxygen atoms in total. The smallest absolute Gasteiger partial charge is 0.137 e. The lowest BCUT2D eigenvalue weighted by Gasteiger charge is -2.25. The van der Waals surface area contributed by atoms with Gasteiger partial charge in [0.2, 0.25) is 0 Å². The highest BCUT2D eigenvalue weighted by Gasteiger charge is 2.16. The molecule has 10 rings (SSSR count). The number of hydrogen-bond donors (Lipinski definition) is 0. The van der Waals surface area contributed by atoms with Gasteiger partial charge in [-0.1, -0.05) is 115 Å². The molecule has 0 bridgehead atoms. The number of para-hydroxylation sites is 1. The Morgan fingerprint density at radius 3 is 1.42 bits per heavy atom. The third-order valence-electron chi connectivity index (χ3n) is 9.98. The van der Waals surface area contributed by atoms with Crippen LogP contribution in [0, 0.1) is 0 Å². The predicted octanol–water partition coefficient (Wildman–Crippen LogP) is 13.8. The molecule has 10 aromatic rings. The van der Waals surface area contributed by atoms with Crippen molar-refractivity contribution in [3.05, 3.63) is 188 Å². The molecule has 0 saturated carbocycles. The topological polar surface area (TPSA) is 16.4 Å². The Hall–Kier alpha value is -6.64. The van der Waals surface area contributed by atoms with E-state index in [9.17, 15) is 0 Å². The molecule has 50 heavy (non-hydrogen) atoms. The molecular formula is C48H31NO. The summed E-state index contributed by atoms with van der Waals surface area (Å²) in [5.41, 5.74) is 9.87. The van der Waals surface area contributed by atoms with E-state index in [4.69, 9.17) is 4.42 Å². The molecule has 2 heteroatoms. The summed E-state index contributed by atoms with van der Waals surface area (Å²) in [6.45, 7) is 0. The maximum absolute atomic E-state index is 6.46. The second-order valence-corrected chi connectivity index (χ2v) is 13.0. The Labute approximate surface area is 290 Å². The molecule has 1 heterocycles. The molecule has 0 amide bonds. The van der Waals surface area contributed by atoms with Crippen LogP contribution in [0.1, 0.15) is 0 Å². The number of fused-ring (bicyclic) bond motifs is 6. The fraction of sp³-hybridized carbons (Fsp3) is 0. The van der Waals surface area contributed by atoms with Gasteiger partial charge in [0, 0.05) is 33.9 Å². The van der Waals surface area contributed by atoms with Gasteiger partial charge in [-0.3, -0.25) is 0 Å². The van der Waals surface area contributed by atoms with E-state index in [1.54, 1.807) is 0 Å². The van der Waals surface area contributed by atoms with E-state index >= 15 is 0 Å². The zero-order chi connectivity index (χ0) is 33.0. The van der Waals surface area contributed by atoms with Crippen LogP contribution in [0.3, 0.4) is 0 Å². The first-order valence-electron chi connectivity index (χ1n) is 17.1. The third kappa shape index (κ3) is 4.89. The molecule has 0 saturated heterocycles. The van der Waals surface area contributed by atoms with Crippen molar-refractivity contribution in [3.8, 4) is 22.3 Å². The van der Waals surface area contributed by atoms with Gasteiger partial charge < -0.3 is 9.32 Å². The lowest BCUT2D eigenvalue weighted by Crippen LogP contribution is -2.09. The van der Waals surface area contributed by atoms with Crippen molar-refractivity contribution in [3.63, 3.8) is 0 Å². The van der Waals surface area contributed by atoms with Crippen LogP contribution in [0.5, 0.6) is 0 Å². The Morgan fingerprint density at radius 1 is 0.280 bits per heavy atom. The summed E-state index contributed by atoms with van der Waals surface area (Å²) in [7, 11) is 0. The first-order chi connectivity index (χ1) is 24.7. The van der Waals surface area contributed by atoms with Gasteiger partial charge in [-0.25, -0.2) is 0 Å². The van der Waals surface area contributed by atoms with Crippen LogP contribution in [0.4, 0.5) is 17.1 Å². The minimum Gasteiger partial charge on any atom is -0.456 e. The van der Waals surface area contributed by atoms with E-state index in [2.05, 4.69) is 193 Å². The molecule has 0 aliphatic heterocycles. The quantitative estimate of drug-likeness (QED) is 0.187. The highest BCUT2D eigenvalue weighted by Crippen LogP contribution is 2.40. The first kappa shape index (κ1) is 28.4. The fourth-order valence-electron chi connectivity index (χ4n) is 7.39. The normalized spacial score (nSPS) is 11.6. The lowest BCUT2D eigenvalue weighted by molar-refractivity contribution is 0.669. The SMILES string of the molecule is c1ccc(N(c2ccc(-c3ccc4cc(-c5ccc6ccccc6c5)ccc4c3)cc2)c2ccc3c(c2)oc2cc4ccccc4cc23)cc1. The molecule has 0 unspecified atom stereocenters. The molecule has 9 aromatic carbocycles. The number of rotatable bonds is 5. The van der Waals surface area contributed by atoms with Crippen molar-refractivity contribution in [2.45, 2.75) is 0 Å². The highest BCUT2D eigenvalue weighted by atomic mass is 16.3. The number of furan rings is 1. The number of nitrogens with zero attached hydrogens (tertiary/aromatic N) is 1. The summed E-state index contributed by atoms with van der Waals surface area (Å²) in [4.78, 5) is 2.29. The van der Waals surface area contributed by atoms with Gasteiger partial charge in [0.1, 0.15) is 11.2 Å². The molecule has 0 atom stereocenters. The van der Waals surface area contributed by atoms with Crippen LogP contribution in [0.15, 0.2) is 192 Å². The van der Waals surface area contributed by atoms with Crippen LogP contribution >= 0.6 is 0 Å². The van der Waals surface area contributed by atoms with E-state index < -0.39 is 0 Å². The fourth-order valence-corrected chi connectivity index (χ4v) is 7.39. The van der Waals surface area contributed by atoms with Gasteiger partial charge in [0.05, 0.1) is 0 Å². The largest absolute Gasteiger partial charge is 0.456 e. The molecule has 0 aliphatic rings. The zero-order valence-electron chi connectivity index (χ0n) is 27.3. The Balaban J connectivity index is 0.992. The number of anilines is 3. The summed E-state index contributed by atoms with van der Waals surface area (Å²) in [5, 5.41) is 9.66. The van der Waals surface area contributed by atoms with Gasteiger partial charge in [0.25, 0.3) is 0 Å². The number of benzene rings is 9. The number of hydrogen-bond acceptors (Lipinski definition) is 2. The third-order valence-corrected chi connectivity index (χ3v) is 9.98. The molecule has 0 aliphatic carbocycles. The van der Waals surface area contributed by atoms with Crippen LogP contribution in [-0.2, 0) is 0 Å². The predicted molar refractivity (Wildman–Crippen MR) is 212 cm³/mol. The molecule has 234 valence electrons. The van der Waals surface area contributed by atoms with E-state index in [1.165, 1.54) is 54.6 Å². The van der Waals surface area contributed by atoms with Crippen molar-refractivity contribution >= 4 is 71.3 Å². The van der Waals surface area contributed by atoms with E-state index in [0.29, 0.717) is 0 Å². The minimum absolute atomic E-state index is 0.880. The van der Waals surface area contributed by atoms with Crippen molar-refractivity contribution in [2.24, 2.45) is 0 Å². The average Bonchev–Trinajstić information content (AvgIpc) is 3.53. The average molecular weight is 638 g/mol. The first-order valence-corrected chi connectivity index (χ1v) is 17.1. The molecule has 0 N–H and O–H groups in total. The molecule has 0 radical (unpaired) electrons. The van der Waals surface area contributed by atoms with Crippen LogP contribution in [-0.4, -0.2) is 0 Å². The van der Waals surface area contributed by atoms with E-state index in [1.807, 2.05) is 0 Å². The summed E-state index contributed by atoms with van der Waals surface area (Å²) >= 11 is 0. The van der Waals surface area contributed by atoms with Crippen molar-refractivity contribution in [1.82, 2.24) is 0 Å². The van der Waals surface area contributed by atoms with E-state index in [0.717, 1.165) is 39.0 Å². The molecule has 0 spiro atoms. The lowest BCUT2D eigenvalue weighted by atomic mass is 9.96. The van der Waals surface area contributed by atoms with Gasteiger partial charge in [-0.15, -0.1) is 0 Å². The van der Waals surface area contributed by atoms with Gasteiger partial charge in [-0.2, -0.15) is 0 Å². The Morgan fingerprint density at radius 2 is 0.740 bits per heavy atom.